The number of aliphatic hydroxyl groups is 1. The van der Waals surface area contributed by atoms with E-state index >= 15 is 0 Å². The third-order valence-electron chi connectivity index (χ3n) is 1.17. The van der Waals surface area contributed by atoms with E-state index in [-0.39, 0.29) is 6.54 Å². The Balaban J connectivity index is 2.40. The highest BCUT2D eigenvalue weighted by atomic mass is 16.3. The van der Waals surface area contributed by atoms with E-state index in [4.69, 9.17) is 15.3 Å². The monoisotopic (exact) mass is 142 g/mol. The van der Waals surface area contributed by atoms with Crippen molar-refractivity contribution in [3.63, 3.8) is 0 Å². The smallest absolute Gasteiger partial charge is 0.196 e. The van der Waals surface area contributed by atoms with Gasteiger partial charge < -0.3 is 15.3 Å². The lowest BCUT2D eigenvalue weighted by Gasteiger charge is -2.01. The molecular formula is C6H10N2O2. The molecule has 0 amide bonds. The predicted molar refractivity (Wildman–Crippen MR) is 35.3 cm³/mol. The zero-order valence-corrected chi connectivity index (χ0v) is 5.53. The lowest BCUT2D eigenvalue weighted by Crippen LogP contribution is -2.22. The van der Waals surface area contributed by atoms with Gasteiger partial charge >= 0.3 is 0 Å². The third-order valence-corrected chi connectivity index (χ3v) is 1.17. The molecule has 1 heterocycles. The minimum Gasteiger partial charge on any atom is -0.449 e. The van der Waals surface area contributed by atoms with Crippen LogP contribution in [0.5, 0.6) is 0 Å². The Labute approximate surface area is 58.7 Å². The summed E-state index contributed by atoms with van der Waals surface area (Å²) in [5, 5.41) is 9.00. The van der Waals surface area contributed by atoms with Crippen LogP contribution in [0.4, 0.5) is 0 Å². The van der Waals surface area contributed by atoms with E-state index in [0.29, 0.717) is 12.3 Å². The Kier molecular flexibility index (Phi) is 2.42. The molecule has 0 bridgehead atoms. The third kappa shape index (κ3) is 1.82. The highest BCUT2D eigenvalue weighted by Crippen LogP contribution is 1.97. The normalized spacial score (nSPS) is 13.4. The van der Waals surface area contributed by atoms with Gasteiger partial charge in [-0.1, -0.05) is 0 Å². The molecule has 4 nitrogen and oxygen atoms in total. The molecule has 0 saturated heterocycles. The van der Waals surface area contributed by atoms with Crippen molar-refractivity contribution in [2.75, 3.05) is 6.54 Å². The highest BCUT2D eigenvalue weighted by molar-refractivity contribution is 4.82. The molecule has 1 aromatic rings. The van der Waals surface area contributed by atoms with E-state index < -0.39 is 6.10 Å². The quantitative estimate of drug-likeness (QED) is 0.598. The molecule has 1 unspecified atom stereocenters. The summed E-state index contributed by atoms with van der Waals surface area (Å²) in [4.78, 5) is 3.82. The van der Waals surface area contributed by atoms with Gasteiger partial charge in [-0.2, -0.15) is 0 Å². The standard InChI is InChI=1S/C6H10N2O2/c7-4-5(9)3-6-8-1-2-10-6/h1-2,5,9H,3-4,7H2. The second-order valence-corrected chi connectivity index (χ2v) is 2.02. The minimum atomic E-state index is -0.543. The fourth-order valence-electron chi connectivity index (χ4n) is 0.639. The van der Waals surface area contributed by atoms with Gasteiger partial charge in [-0.05, 0) is 0 Å². The molecule has 0 aliphatic carbocycles. The number of hydrogen-bond acceptors (Lipinski definition) is 4. The van der Waals surface area contributed by atoms with Gasteiger partial charge in [-0.3, -0.25) is 0 Å². The molecule has 0 fully saturated rings. The van der Waals surface area contributed by atoms with Gasteiger partial charge in [0.2, 0.25) is 0 Å². The van der Waals surface area contributed by atoms with Crippen LogP contribution in [0.2, 0.25) is 0 Å². The number of rotatable bonds is 3. The van der Waals surface area contributed by atoms with Crippen molar-refractivity contribution in [3.8, 4) is 0 Å². The summed E-state index contributed by atoms with van der Waals surface area (Å²) in [6, 6.07) is 0. The molecule has 0 saturated carbocycles. The van der Waals surface area contributed by atoms with Gasteiger partial charge in [0, 0.05) is 6.54 Å². The van der Waals surface area contributed by atoms with Crippen molar-refractivity contribution >= 4 is 0 Å². The van der Waals surface area contributed by atoms with Crippen molar-refractivity contribution in [2.45, 2.75) is 12.5 Å². The Hall–Kier alpha value is -0.870. The molecule has 1 aromatic heterocycles. The first kappa shape index (κ1) is 7.24. The largest absolute Gasteiger partial charge is 0.449 e. The Morgan fingerprint density at radius 1 is 1.80 bits per heavy atom. The van der Waals surface area contributed by atoms with E-state index in [9.17, 15) is 0 Å². The summed E-state index contributed by atoms with van der Waals surface area (Å²) in [5.74, 6) is 0.526. The van der Waals surface area contributed by atoms with Crippen LogP contribution in [-0.4, -0.2) is 22.7 Å². The van der Waals surface area contributed by atoms with Gasteiger partial charge in [0.05, 0.1) is 18.7 Å². The highest BCUT2D eigenvalue weighted by Gasteiger charge is 2.05. The predicted octanol–water partition coefficient (Wildman–Crippen LogP) is -0.463. The number of nitrogens with zero attached hydrogens (tertiary/aromatic N) is 1. The molecule has 4 heteroatoms. The molecule has 1 atom stereocenters. The molecule has 0 aliphatic rings. The van der Waals surface area contributed by atoms with E-state index in [1.807, 2.05) is 0 Å². The lowest BCUT2D eigenvalue weighted by molar-refractivity contribution is 0.173. The maximum atomic E-state index is 9.00. The number of aliphatic hydroxyl groups excluding tert-OH is 1. The lowest BCUT2D eigenvalue weighted by atomic mass is 10.2. The Morgan fingerprint density at radius 3 is 3.10 bits per heavy atom. The molecule has 1 rings (SSSR count). The molecular weight excluding hydrogens is 132 g/mol. The van der Waals surface area contributed by atoms with Crippen molar-refractivity contribution in [1.29, 1.82) is 0 Å². The van der Waals surface area contributed by atoms with Crippen LogP contribution in [0.3, 0.4) is 0 Å². The summed E-state index contributed by atoms with van der Waals surface area (Å²) in [6.45, 7) is 0.238. The fourth-order valence-corrected chi connectivity index (χ4v) is 0.639. The molecule has 56 valence electrons. The van der Waals surface area contributed by atoms with Crippen LogP contribution in [0.15, 0.2) is 16.9 Å². The van der Waals surface area contributed by atoms with Gasteiger partial charge in [0.25, 0.3) is 0 Å². The maximum Gasteiger partial charge on any atom is 0.196 e. The van der Waals surface area contributed by atoms with Gasteiger partial charge in [-0.15, -0.1) is 0 Å². The second-order valence-electron chi connectivity index (χ2n) is 2.02. The van der Waals surface area contributed by atoms with Crippen molar-refractivity contribution < 1.29 is 9.52 Å². The Morgan fingerprint density at radius 2 is 2.60 bits per heavy atom. The number of nitrogens with two attached hydrogens (primary N) is 1. The van der Waals surface area contributed by atoms with Crippen molar-refractivity contribution in [3.05, 3.63) is 18.4 Å². The summed E-state index contributed by atoms with van der Waals surface area (Å²) >= 11 is 0. The van der Waals surface area contributed by atoms with Crippen LogP contribution in [-0.2, 0) is 6.42 Å². The van der Waals surface area contributed by atoms with Crippen LogP contribution in [0.1, 0.15) is 5.89 Å². The second kappa shape index (κ2) is 3.34. The fraction of sp³-hybridized carbons (Fsp3) is 0.500. The SMILES string of the molecule is NCC(O)Cc1ncco1. The van der Waals surface area contributed by atoms with Crippen LogP contribution < -0.4 is 5.73 Å². The summed E-state index contributed by atoms with van der Waals surface area (Å²) < 4.78 is 4.88. The van der Waals surface area contributed by atoms with Crippen molar-refractivity contribution in [1.82, 2.24) is 4.98 Å². The first-order valence-corrected chi connectivity index (χ1v) is 3.09. The summed E-state index contributed by atoms with van der Waals surface area (Å²) in [7, 11) is 0. The Bertz CT molecular complexity index is 174. The maximum absolute atomic E-state index is 9.00. The van der Waals surface area contributed by atoms with E-state index in [0.717, 1.165) is 0 Å². The number of hydrogen-bond donors (Lipinski definition) is 2. The number of oxazole rings is 1. The summed E-state index contributed by atoms with van der Waals surface area (Å²) in [5.41, 5.74) is 5.17. The zero-order chi connectivity index (χ0) is 7.40. The van der Waals surface area contributed by atoms with Gasteiger partial charge in [0.15, 0.2) is 5.89 Å². The minimum absolute atomic E-state index is 0.238. The number of aromatic nitrogens is 1. The van der Waals surface area contributed by atoms with Crippen LogP contribution in [0, 0.1) is 0 Å². The van der Waals surface area contributed by atoms with E-state index in [1.54, 1.807) is 6.20 Å². The van der Waals surface area contributed by atoms with E-state index in [1.165, 1.54) is 6.26 Å². The zero-order valence-electron chi connectivity index (χ0n) is 5.53. The van der Waals surface area contributed by atoms with Gasteiger partial charge in [-0.25, -0.2) is 4.98 Å². The van der Waals surface area contributed by atoms with Crippen LogP contribution in [0.25, 0.3) is 0 Å². The molecule has 3 N–H and O–H groups in total. The molecule has 0 aromatic carbocycles. The molecule has 10 heavy (non-hydrogen) atoms. The first-order valence-electron chi connectivity index (χ1n) is 3.09. The van der Waals surface area contributed by atoms with Crippen molar-refractivity contribution in [2.24, 2.45) is 5.73 Å². The molecule has 0 spiro atoms. The first-order chi connectivity index (χ1) is 4.83. The average molecular weight is 142 g/mol. The topological polar surface area (TPSA) is 72.3 Å². The van der Waals surface area contributed by atoms with E-state index in [2.05, 4.69) is 4.98 Å². The average Bonchev–Trinajstić information content (AvgIpc) is 2.40. The summed E-state index contributed by atoms with van der Waals surface area (Å²) in [6.07, 6.45) is 2.86. The van der Waals surface area contributed by atoms with Crippen LogP contribution >= 0.6 is 0 Å². The molecule has 0 aliphatic heterocycles. The molecule has 0 radical (unpaired) electrons. The van der Waals surface area contributed by atoms with Gasteiger partial charge in [0.1, 0.15) is 6.26 Å².